The third kappa shape index (κ3) is 4.57. The summed E-state index contributed by atoms with van der Waals surface area (Å²) < 4.78 is 5.31. The predicted molar refractivity (Wildman–Crippen MR) is 86.7 cm³/mol. The molecule has 0 bridgehead atoms. The number of nitrogens with zero attached hydrogens (tertiary/aromatic N) is 1. The van der Waals surface area contributed by atoms with Gasteiger partial charge in [-0.1, -0.05) is 25.1 Å². The molecule has 1 atom stereocenters. The van der Waals surface area contributed by atoms with E-state index in [2.05, 4.69) is 41.5 Å². The SMILES string of the molecule is CCCNC(Cc1cccc(OC)c1)c1ccc(C)nc1. The Hall–Kier alpha value is -1.87. The van der Waals surface area contributed by atoms with Crippen LogP contribution in [0.4, 0.5) is 0 Å². The molecule has 1 heterocycles. The molecule has 1 aromatic heterocycles. The van der Waals surface area contributed by atoms with Gasteiger partial charge in [0.05, 0.1) is 7.11 Å². The smallest absolute Gasteiger partial charge is 0.119 e. The molecule has 1 aromatic carbocycles. The van der Waals surface area contributed by atoms with Crippen molar-refractivity contribution in [3.8, 4) is 5.75 Å². The number of aryl methyl sites for hydroxylation is 1. The van der Waals surface area contributed by atoms with Crippen LogP contribution in [0.2, 0.25) is 0 Å². The van der Waals surface area contributed by atoms with Crippen molar-refractivity contribution in [2.24, 2.45) is 0 Å². The van der Waals surface area contributed by atoms with Crippen LogP contribution >= 0.6 is 0 Å². The third-order valence-corrected chi connectivity index (χ3v) is 3.55. The fraction of sp³-hybridized carbons (Fsp3) is 0.389. The molecule has 0 radical (unpaired) electrons. The van der Waals surface area contributed by atoms with Gasteiger partial charge in [0.1, 0.15) is 5.75 Å². The van der Waals surface area contributed by atoms with E-state index in [1.165, 1.54) is 11.1 Å². The van der Waals surface area contributed by atoms with E-state index in [-0.39, 0.29) is 6.04 Å². The number of aromatic nitrogens is 1. The Morgan fingerprint density at radius 1 is 1.24 bits per heavy atom. The van der Waals surface area contributed by atoms with Crippen molar-refractivity contribution < 1.29 is 4.74 Å². The fourth-order valence-corrected chi connectivity index (χ4v) is 2.35. The molecule has 3 nitrogen and oxygen atoms in total. The Labute approximate surface area is 127 Å². The summed E-state index contributed by atoms with van der Waals surface area (Å²) >= 11 is 0. The molecule has 0 aliphatic rings. The summed E-state index contributed by atoms with van der Waals surface area (Å²) in [7, 11) is 1.70. The number of ether oxygens (including phenoxy) is 1. The van der Waals surface area contributed by atoms with E-state index in [1.807, 2.05) is 25.3 Å². The van der Waals surface area contributed by atoms with Gasteiger partial charge in [-0.15, -0.1) is 0 Å². The summed E-state index contributed by atoms with van der Waals surface area (Å²) in [6, 6.07) is 12.8. The van der Waals surface area contributed by atoms with Crippen molar-refractivity contribution in [3.63, 3.8) is 0 Å². The largest absolute Gasteiger partial charge is 0.497 e. The van der Waals surface area contributed by atoms with E-state index in [1.54, 1.807) is 7.11 Å². The van der Waals surface area contributed by atoms with Crippen LogP contribution in [-0.4, -0.2) is 18.6 Å². The van der Waals surface area contributed by atoms with Crippen molar-refractivity contribution >= 4 is 0 Å². The molecule has 0 aliphatic heterocycles. The highest BCUT2D eigenvalue weighted by molar-refractivity contribution is 5.30. The van der Waals surface area contributed by atoms with Crippen LogP contribution in [0.25, 0.3) is 0 Å². The lowest BCUT2D eigenvalue weighted by Gasteiger charge is -2.19. The molecule has 3 heteroatoms. The highest BCUT2D eigenvalue weighted by Crippen LogP contribution is 2.21. The van der Waals surface area contributed by atoms with Crippen LogP contribution in [0.5, 0.6) is 5.75 Å². The van der Waals surface area contributed by atoms with Crippen molar-refractivity contribution in [1.29, 1.82) is 0 Å². The van der Waals surface area contributed by atoms with Gasteiger partial charge in [0.25, 0.3) is 0 Å². The first-order valence-electron chi connectivity index (χ1n) is 7.51. The van der Waals surface area contributed by atoms with Crippen molar-refractivity contribution in [3.05, 3.63) is 59.4 Å². The minimum Gasteiger partial charge on any atom is -0.497 e. The summed E-state index contributed by atoms with van der Waals surface area (Å²) in [5, 5.41) is 3.61. The maximum atomic E-state index is 5.31. The first-order chi connectivity index (χ1) is 10.2. The van der Waals surface area contributed by atoms with Crippen molar-refractivity contribution in [1.82, 2.24) is 10.3 Å². The Bertz CT molecular complexity index is 551. The maximum Gasteiger partial charge on any atom is 0.119 e. The van der Waals surface area contributed by atoms with Crippen molar-refractivity contribution in [2.75, 3.05) is 13.7 Å². The average Bonchev–Trinajstić information content (AvgIpc) is 2.52. The molecule has 0 saturated carbocycles. The maximum absolute atomic E-state index is 5.31. The molecule has 0 aliphatic carbocycles. The first-order valence-corrected chi connectivity index (χ1v) is 7.51. The van der Waals surface area contributed by atoms with E-state index < -0.39 is 0 Å². The topological polar surface area (TPSA) is 34.1 Å². The van der Waals surface area contributed by atoms with Crippen molar-refractivity contribution in [2.45, 2.75) is 32.7 Å². The second-order valence-electron chi connectivity index (χ2n) is 5.30. The second kappa shape index (κ2) is 7.79. The lowest BCUT2D eigenvalue weighted by Crippen LogP contribution is -2.24. The van der Waals surface area contributed by atoms with Crippen LogP contribution in [0.15, 0.2) is 42.6 Å². The van der Waals surface area contributed by atoms with E-state index >= 15 is 0 Å². The molecule has 112 valence electrons. The Morgan fingerprint density at radius 2 is 2.10 bits per heavy atom. The summed E-state index contributed by atoms with van der Waals surface area (Å²) in [6.07, 6.45) is 4.03. The van der Waals surface area contributed by atoms with Crippen LogP contribution in [0.3, 0.4) is 0 Å². The number of pyridine rings is 1. The second-order valence-corrected chi connectivity index (χ2v) is 5.30. The van der Waals surface area contributed by atoms with E-state index in [0.717, 1.165) is 30.8 Å². The van der Waals surface area contributed by atoms with Gasteiger partial charge in [0.2, 0.25) is 0 Å². The first kappa shape index (κ1) is 15.5. The van der Waals surface area contributed by atoms with E-state index in [0.29, 0.717) is 0 Å². The van der Waals surface area contributed by atoms with Gasteiger partial charge in [-0.3, -0.25) is 4.98 Å². The molecule has 2 aromatic rings. The molecule has 1 N–H and O–H groups in total. The zero-order valence-corrected chi connectivity index (χ0v) is 13.1. The lowest BCUT2D eigenvalue weighted by atomic mass is 9.99. The van der Waals surface area contributed by atoms with Gasteiger partial charge in [-0.25, -0.2) is 0 Å². The molecular formula is C18H24N2O. The quantitative estimate of drug-likeness (QED) is 0.842. The number of rotatable bonds is 7. The van der Waals surface area contributed by atoms with Gasteiger partial charge in [-0.05, 0) is 55.6 Å². The summed E-state index contributed by atoms with van der Waals surface area (Å²) in [6.45, 7) is 5.20. The Morgan fingerprint density at radius 3 is 2.76 bits per heavy atom. The van der Waals surface area contributed by atoms with E-state index in [9.17, 15) is 0 Å². The number of methoxy groups -OCH3 is 1. The number of hydrogen-bond donors (Lipinski definition) is 1. The molecule has 0 saturated heterocycles. The monoisotopic (exact) mass is 284 g/mol. The minimum atomic E-state index is 0.283. The van der Waals surface area contributed by atoms with Gasteiger partial charge >= 0.3 is 0 Å². The summed E-state index contributed by atoms with van der Waals surface area (Å²) in [5.41, 5.74) is 3.55. The highest BCUT2D eigenvalue weighted by atomic mass is 16.5. The van der Waals surface area contributed by atoms with Crippen LogP contribution in [-0.2, 0) is 6.42 Å². The summed E-state index contributed by atoms with van der Waals surface area (Å²) in [4.78, 5) is 4.42. The molecular weight excluding hydrogens is 260 g/mol. The average molecular weight is 284 g/mol. The molecule has 21 heavy (non-hydrogen) atoms. The molecule has 0 amide bonds. The molecule has 2 rings (SSSR count). The molecule has 1 unspecified atom stereocenters. The normalized spacial score (nSPS) is 12.1. The van der Waals surface area contributed by atoms with Gasteiger partial charge in [0.15, 0.2) is 0 Å². The summed E-state index contributed by atoms with van der Waals surface area (Å²) in [5.74, 6) is 0.906. The van der Waals surface area contributed by atoms with Crippen LogP contribution in [0, 0.1) is 6.92 Å². The number of benzene rings is 1. The standard InChI is InChI=1S/C18H24N2O/c1-4-10-19-18(16-9-8-14(2)20-13-16)12-15-6-5-7-17(11-15)21-3/h5-9,11,13,18-19H,4,10,12H2,1-3H3. The Balaban J connectivity index is 2.17. The van der Waals surface area contributed by atoms with Gasteiger partial charge in [-0.2, -0.15) is 0 Å². The predicted octanol–water partition coefficient (Wildman–Crippen LogP) is 3.68. The number of hydrogen-bond acceptors (Lipinski definition) is 3. The Kier molecular flexibility index (Phi) is 5.76. The van der Waals surface area contributed by atoms with Gasteiger partial charge < -0.3 is 10.1 Å². The highest BCUT2D eigenvalue weighted by Gasteiger charge is 2.12. The fourth-order valence-electron chi connectivity index (χ4n) is 2.35. The van der Waals surface area contributed by atoms with Gasteiger partial charge in [0, 0.05) is 17.9 Å². The zero-order valence-electron chi connectivity index (χ0n) is 13.1. The van der Waals surface area contributed by atoms with Crippen LogP contribution in [0.1, 0.15) is 36.2 Å². The third-order valence-electron chi connectivity index (χ3n) is 3.55. The number of nitrogens with one attached hydrogen (secondary N) is 1. The molecule has 0 spiro atoms. The molecule has 0 fully saturated rings. The zero-order chi connectivity index (χ0) is 15.1. The van der Waals surface area contributed by atoms with E-state index in [4.69, 9.17) is 4.74 Å². The van der Waals surface area contributed by atoms with Crippen LogP contribution < -0.4 is 10.1 Å². The minimum absolute atomic E-state index is 0.283. The lowest BCUT2D eigenvalue weighted by molar-refractivity contribution is 0.413.